The van der Waals surface area contributed by atoms with E-state index in [-0.39, 0.29) is 30.0 Å². The Morgan fingerprint density at radius 2 is 1.77 bits per heavy atom. The van der Waals surface area contributed by atoms with E-state index in [1.807, 2.05) is 13.1 Å². The van der Waals surface area contributed by atoms with E-state index in [2.05, 4.69) is 87.9 Å². The third-order valence-corrected chi connectivity index (χ3v) is 4.42. The Hall–Kier alpha value is -2.02. The van der Waals surface area contributed by atoms with E-state index < -0.39 is 0 Å². The van der Waals surface area contributed by atoms with Crippen molar-refractivity contribution in [1.29, 1.82) is 0 Å². The molecule has 3 aromatic rings. The molecule has 2 N–H and O–H groups in total. The third-order valence-electron chi connectivity index (χ3n) is 4.42. The van der Waals surface area contributed by atoms with Crippen LogP contribution in [0.4, 0.5) is 0 Å². The molecule has 3 rings (SSSR count). The highest BCUT2D eigenvalue weighted by molar-refractivity contribution is 14.0. The fourth-order valence-electron chi connectivity index (χ4n) is 3.02. The zero-order valence-electron chi connectivity index (χ0n) is 15.4. The summed E-state index contributed by atoms with van der Waals surface area (Å²) >= 11 is 0. The van der Waals surface area contributed by atoms with Crippen LogP contribution in [-0.2, 0) is 6.54 Å². The van der Waals surface area contributed by atoms with Gasteiger partial charge in [0.25, 0.3) is 0 Å². The maximum absolute atomic E-state index is 4.33. The van der Waals surface area contributed by atoms with Gasteiger partial charge in [-0.1, -0.05) is 48.5 Å². The molecule has 0 saturated heterocycles. The summed E-state index contributed by atoms with van der Waals surface area (Å²) in [5.74, 6) is 0.841. The molecule has 0 fully saturated rings. The molecular formula is C21H27IN4. The second kappa shape index (κ2) is 10.2. The van der Waals surface area contributed by atoms with E-state index in [9.17, 15) is 0 Å². The van der Waals surface area contributed by atoms with Crippen LogP contribution in [0.5, 0.6) is 0 Å². The number of aliphatic imine (C=N–C) groups is 1. The molecule has 5 heteroatoms. The summed E-state index contributed by atoms with van der Waals surface area (Å²) in [4.78, 5) is 4.33. The fraction of sp³-hybridized carbons (Fsp3) is 0.286. The van der Waals surface area contributed by atoms with Crippen LogP contribution in [-0.4, -0.2) is 24.1 Å². The predicted octanol–water partition coefficient (Wildman–Crippen LogP) is 4.58. The lowest BCUT2D eigenvalue weighted by Crippen LogP contribution is -2.39. The van der Waals surface area contributed by atoms with Gasteiger partial charge in [-0.2, -0.15) is 0 Å². The first kappa shape index (κ1) is 20.3. The van der Waals surface area contributed by atoms with Crippen LogP contribution in [0.1, 0.15) is 24.9 Å². The average molecular weight is 462 g/mol. The number of guanidine groups is 1. The smallest absolute Gasteiger partial charge is 0.191 e. The molecule has 0 aliphatic carbocycles. The molecule has 138 valence electrons. The van der Waals surface area contributed by atoms with Crippen molar-refractivity contribution in [2.75, 3.05) is 13.6 Å². The van der Waals surface area contributed by atoms with Crippen molar-refractivity contribution in [3.05, 3.63) is 72.4 Å². The Morgan fingerprint density at radius 3 is 2.54 bits per heavy atom. The number of hydrogen-bond donors (Lipinski definition) is 2. The lowest BCUT2D eigenvalue weighted by Gasteiger charge is -2.18. The molecule has 0 aliphatic rings. The first-order chi connectivity index (χ1) is 12.3. The van der Waals surface area contributed by atoms with Crippen molar-refractivity contribution < 1.29 is 0 Å². The topological polar surface area (TPSA) is 41.4 Å². The summed E-state index contributed by atoms with van der Waals surface area (Å²) < 4.78 is 2.31. The quantitative estimate of drug-likeness (QED) is 0.244. The molecule has 0 saturated carbocycles. The van der Waals surface area contributed by atoms with Crippen LogP contribution in [0.25, 0.3) is 10.9 Å². The van der Waals surface area contributed by atoms with Crippen LogP contribution in [0.3, 0.4) is 0 Å². The number of hydrogen-bond acceptors (Lipinski definition) is 1. The van der Waals surface area contributed by atoms with Crippen LogP contribution >= 0.6 is 24.0 Å². The molecule has 1 unspecified atom stereocenters. The standard InChI is InChI=1S/C21H26N4.HI/c1-17(18-9-4-3-5-10-18)24-21(22-2)23-14-8-15-25-16-13-19-11-6-7-12-20(19)25;/h3-7,9-13,16-17H,8,14-15H2,1-2H3,(H2,22,23,24);1H. The minimum absolute atomic E-state index is 0. The second-order valence-corrected chi connectivity index (χ2v) is 6.20. The first-order valence-electron chi connectivity index (χ1n) is 8.84. The maximum Gasteiger partial charge on any atom is 0.191 e. The van der Waals surface area contributed by atoms with Gasteiger partial charge in [-0.25, -0.2) is 0 Å². The van der Waals surface area contributed by atoms with Gasteiger partial charge in [-0.05, 0) is 36.4 Å². The number of benzene rings is 2. The molecule has 0 aliphatic heterocycles. The number of rotatable bonds is 6. The van der Waals surface area contributed by atoms with Gasteiger partial charge in [0.15, 0.2) is 5.96 Å². The molecule has 0 radical (unpaired) electrons. The Bertz CT molecular complexity index is 826. The normalized spacial score (nSPS) is 12.5. The molecule has 0 amide bonds. The molecule has 1 atom stereocenters. The maximum atomic E-state index is 4.33. The van der Waals surface area contributed by atoms with Gasteiger partial charge in [-0.3, -0.25) is 4.99 Å². The minimum Gasteiger partial charge on any atom is -0.356 e. The average Bonchev–Trinajstić information content (AvgIpc) is 3.08. The fourth-order valence-corrected chi connectivity index (χ4v) is 3.02. The van der Waals surface area contributed by atoms with Gasteiger partial charge in [0, 0.05) is 31.9 Å². The van der Waals surface area contributed by atoms with Crippen LogP contribution in [0, 0.1) is 0 Å². The number of nitrogens with zero attached hydrogens (tertiary/aromatic N) is 2. The number of halogens is 1. The number of aryl methyl sites for hydroxylation is 1. The zero-order chi connectivity index (χ0) is 17.5. The Labute approximate surface area is 172 Å². The highest BCUT2D eigenvalue weighted by Crippen LogP contribution is 2.15. The van der Waals surface area contributed by atoms with Crippen LogP contribution in [0.15, 0.2) is 71.9 Å². The van der Waals surface area contributed by atoms with Crippen molar-refractivity contribution in [1.82, 2.24) is 15.2 Å². The Balaban J connectivity index is 0.00000243. The summed E-state index contributed by atoms with van der Waals surface area (Å²) in [5, 5.41) is 8.14. The SMILES string of the molecule is CN=C(NCCCn1ccc2ccccc21)NC(C)c1ccccc1.I. The van der Waals surface area contributed by atoms with Gasteiger partial charge in [0.1, 0.15) is 0 Å². The molecule has 26 heavy (non-hydrogen) atoms. The van der Waals surface area contributed by atoms with Gasteiger partial charge >= 0.3 is 0 Å². The molecule has 0 bridgehead atoms. The summed E-state index contributed by atoms with van der Waals surface area (Å²) in [6, 6.07) is 21.3. The van der Waals surface area contributed by atoms with Gasteiger partial charge in [0.2, 0.25) is 0 Å². The summed E-state index contributed by atoms with van der Waals surface area (Å²) in [7, 11) is 1.81. The first-order valence-corrected chi connectivity index (χ1v) is 8.84. The van der Waals surface area contributed by atoms with E-state index in [0.29, 0.717) is 0 Å². The number of aromatic nitrogens is 1. The monoisotopic (exact) mass is 462 g/mol. The van der Waals surface area contributed by atoms with E-state index in [1.54, 1.807) is 0 Å². The van der Waals surface area contributed by atoms with Gasteiger partial charge < -0.3 is 15.2 Å². The van der Waals surface area contributed by atoms with Gasteiger partial charge in [0.05, 0.1) is 6.04 Å². The lowest BCUT2D eigenvalue weighted by atomic mass is 10.1. The van der Waals surface area contributed by atoms with Gasteiger partial charge in [-0.15, -0.1) is 24.0 Å². The highest BCUT2D eigenvalue weighted by atomic mass is 127. The van der Waals surface area contributed by atoms with Crippen LogP contribution in [0.2, 0.25) is 0 Å². The van der Waals surface area contributed by atoms with E-state index >= 15 is 0 Å². The number of fused-ring (bicyclic) bond motifs is 1. The Morgan fingerprint density at radius 1 is 1.04 bits per heavy atom. The summed E-state index contributed by atoms with van der Waals surface area (Å²) in [6.45, 7) is 4.02. The molecule has 2 aromatic carbocycles. The molecule has 0 spiro atoms. The summed E-state index contributed by atoms with van der Waals surface area (Å²) in [5.41, 5.74) is 2.55. The predicted molar refractivity (Wildman–Crippen MR) is 121 cm³/mol. The van der Waals surface area contributed by atoms with Crippen molar-refractivity contribution in [2.24, 2.45) is 4.99 Å². The Kier molecular flexibility index (Phi) is 7.97. The summed E-state index contributed by atoms with van der Waals surface area (Å²) in [6.07, 6.45) is 3.20. The molecule has 1 heterocycles. The third kappa shape index (κ3) is 5.24. The van der Waals surface area contributed by atoms with E-state index in [1.165, 1.54) is 16.5 Å². The zero-order valence-corrected chi connectivity index (χ0v) is 17.7. The highest BCUT2D eigenvalue weighted by Gasteiger charge is 2.07. The van der Waals surface area contributed by atoms with Crippen molar-refractivity contribution in [3.8, 4) is 0 Å². The number of nitrogens with one attached hydrogen (secondary N) is 2. The van der Waals surface area contributed by atoms with Crippen molar-refractivity contribution in [2.45, 2.75) is 25.9 Å². The van der Waals surface area contributed by atoms with Crippen molar-refractivity contribution in [3.63, 3.8) is 0 Å². The van der Waals surface area contributed by atoms with Crippen molar-refractivity contribution >= 4 is 40.8 Å². The molecule has 4 nitrogen and oxygen atoms in total. The van der Waals surface area contributed by atoms with E-state index in [0.717, 1.165) is 25.5 Å². The molecule has 1 aromatic heterocycles. The number of para-hydroxylation sites is 1. The lowest BCUT2D eigenvalue weighted by molar-refractivity contribution is 0.628. The van der Waals surface area contributed by atoms with E-state index in [4.69, 9.17) is 0 Å². The largest absolute Gasteiger partial charge is 0.356 e. The minimum atomic E-state index is 0. The molecular weight excluding hydrogens is 435 g/mol. The second-order valence-electron chi connectivity index (χ2n) is 6.20. The van der Waals surface area contributed by atoms with Crippen LogP contribution < -0.4 is 10.6 Å².